The summed E-state index contributed by atoms with van der Waals surface area (Å²) in [6, 6.07) is 7.73. The summed E-state index contributed by atoms with van der Waals surface area (Å²) in [5, 5.41) is 0. The number of rotatable bonds is 6. The van der Waals surface area contributed by atoms with Gasteiger partial charge in [-0.25, -0.2) is 0 Å². The van der Waals surface area contributed by atoms with Gasteiger partial charge in [0.2, 0.25) is 5.91 Å². The molecule has 148 valence electrons. The number of ether oxygens (including phenoxy) is 2. The molecule has 0 radical (unpaired) electrons. The number of likely N-dealkylation sites (tertiary alicyclic amines) is 1. The number of morpholine rings is 1. The summed E-state index contributed by atoms with van der Waals surface area (Å²) in [5.74, 6) is 1.02. The first-order valence-corrected chi connectivity index (χ1v) is 9.64. The van der Waals surface area contributed by atoms with Gasteiger partial charge in [-0.3, -0.25) is 14.5 Å². The molecule has 2 aliphatic rings. The Labute approximate surface area is 160 Å². The van der Waals surface area contributed by atoms with Gasteiger partial charge in [0.25, 0.3) is 5.91 Å². The normalized spacial score (nSPS) is 21.8. The fraction of sp³-hybridized carbons (Fsp3) is 0.600. The molecule has 2 fully saturated rings. The molecule has 1 aromatic rings. The third-order valence-corrected chi connectivity index (χ3v) is 5.30. The van der Waals surface area contributed by atoms with Crippen molar-refractivity contribution in [2.45, 2.75) is 32.4 Å². The number of primary amides is 1. The van der Waals surface area contributed by atoms with Crippen molar-refractivity contribution in [2.24, 2.45) is 11.7 Å². The molecule has 0 saturated carbocycles. The minimum atomic E-state index is -0.537. The van der Waals surface area contributed by atoms with E-state index in [0.29, 0.717) is 24.8 Å². The molecule has 2 N–H and O–H groups in total. The Morgan fingerprint density at radius 1 is 1.19 bits per heavy atom. The first-order valence-electron chi connectivity index (χ1n) is 9.64. The summed E-state index contributed by atoms with van der Waals surface area (Å²) in [7, 11) is 0. The molecule has 2 amide bonds. The second kappa shape index (κ2) is 9.19. The Hall–Kier alpha value is -2.12. The van der Waals surface area contributed by atoms with E-state index in [2.05, 4.69) is 11.8 Å². The number of piperidine rings is 1. The van der Waals surface area contributed by atoms with Gasteiger partial charge in [0, 0.05) is 32.7 Å². The number of carbonyl (C=O) groups is 2. The molecule has 1 unspecified atom stereocenters. The molecule has 3 rings (SSSR count). The number of benzene rings is 1. The lowest BCUT2D eigenvalue weighted by Gasteiger charge is -2.31. The molecule has 2 saturated heterocycles. The highest BCUT2D eigenvalue weighted by molar-refractivity contribution is 5.79. The summed E-state index contributed by atoms with van der Waals surface area (Å²) in [4.78, 5) is 27.6. The number of hydrogen-bond donors (Lipinski definition) is 1. The average molecular weight is 375 g/mol. The second-order valence-electron chi connectivity index (χ2n) is 7.49. The van der Waals surface area contributed by atoms with E-state index in [9.17, 15) is 9.59 Å². The van der Waals surface area contributed by atoms with Crippen molar-refractivity contribution in [1.82, 2.24) is 9.80 Å². The number of nitrogens with two attached hydrogens (primary N) is 1. The number of hydrogen-bond acceptors (Lipinski definition) is 5. The minimum absolute atomic E-state index is 0.0526. The van der Waals surface area contributed by atoms with Crippen LogP contribution in [0.3, 0.4) is 0 Å². The maximum Gasteiger partial charge on any atom is 0.260 e. The van der Waals surface area contributed by atoms with Gasteiger partial charge >= 0.3 is 0 Å². The van der Waals surface area contributed by atoms with E-state index in [-0.39, 0.29) is 12.5 Å². The van der Waals surface area contributed by atoms with E-state index in [1.54, 1.807) is 0 Å². The molecule has 27 heavy (non-hydrogen) atoms. The van der Waals surface area contributed by atoms with E-state index >= 15 is 0 Å². The van der Waals surface area contributed by atoms with Gasteiger partial charge in [0.1, 0.15) is 11.9 Å². The quantitative estimate of drug-likeness (QED) is 0.802. The molecule has 0 aliphatic carbocycles. The SMILES string of the molecule is CC1CCN(C(=O)COc2ccc(CN3CCOC(C(N)=O)C3)cc2)CC1. The third kappa shape index (κ3) is 5.68. The fourth-order valence-electron chi connectivity index (χ4n) is 3.46. The van der Waals surface area contributed by atoms with Crippen LogP contribution in [-0.4, -0.2) is 67.1 Å². The van der Waals surface area contributed by atoms with Crippen LogP contribution in [0.15, 0.2) is 24.3 Å². The second-order valence-corrected chi connectivity index (χ2v) is 7.49. The van der Waals surface area contributed by atoms with E-state index < -0.39 is 12.0 Å². The lowest BCUT2D eigenvalue weighted by atomic mass is 9.99. The molecule has 0 spiro atoms. The summed E-state index contributed by atoms with van der Waals surface area (Å²) in [6.45, 7) is 6.47. The van der Waals surface area contributed by atoms with Crippen LogP contribution in [0.4, 0.5) is 0 Å². The van der Waals surface area contributed by atoms with Crippen LogP contribution in [0, 0.1) is 5.92 Å². The Morgan fingerprint density at radius 2 is 1.89 bits per heavy atom. The summed E-state index contributed by atoms with van der Waals surface area (Å²) < 4.78 is 11.0. The average Bonchev–Trinajstić information content (AvgIpc) is 2.68. The monoisotopic (exact) mass is 375 g/mol. The van der Waals surface area contributed by atoms with Crippen molar-refractivity contribution in [3.63, 3.8) is 0 Å². The predicted octanol–water partition coefficient (Wildman–Crippen LogP) is 1.01. The Morgan fingerprint density at radius 3 is 2.56 bits per heavy atom. The van der Waals surface area contributed by atoms with E-state index in [1.807, 2.05) is 29.2 Å². The zero-order chi connectivity index (χ0) is 19.2. The lowest BCUT2D eigenvalue weighted by Crippen LogP contribution is -2.47. The largest absolute Gasteiger partial charge is 0.484 e. The predicted molar refractivity (Wildman–Crippen MR) is 101 cm³/mol. The first-order chi connectivity index (χ1) is 13.0. The molecular weight excluding hydrogens is 346 g/mol. The Kier molecular flexibility index (Phi) is 6.68. The van der Waals surface area contributed by atoms with Crippen LogP contribution in [0.5, 0.6) is 5.75 Å². The topological polar surface area (TPSA) is 85.1 Å². The van der Waals surface area contributed by atoms with E-state index in [0.717, 1.165) is 44.6 Å². The summed E-state index contributed by atoms with van der Waals surface area (Å²) in [5.41, 5.74) is 6.44. The van der Waals surface area contributed by atoms with Crippen LogP contribution in [0.25, 0.3) is 0 Å². The Balaban J connectivity index is 1.44. The van der Waals surface area contributed by atoms with Gasteiger partial charge in [0.15, 0.2) is 6.61 Å². The van der Waals surface area contributed by atoms with Gasteiger partial charge in [-0.15, -0.1) is 0 Å². The van der Waals surface area contributed by atoms with Crippen molar-refractivity contribution in [2.75, 3.05) is 39.4 Å². The van der Waals surface area contributed by atoms with Gasteiger partial charge in [-0.1, -0.05) is 19.1 Å². The standard InChI is InChI=1S/C20H29N3O4/c1-15-6-8-23(9-7-15)19(24)14-27-17-4-2-16(3-5-17)12-22-10-11-26-18(13-22)20(21)25/h2-5,15,18H,6-14H2,1H3,(H2,21,25). The summed E-state index contributed by atoms with van der Waals surface area (Å²) >= 11 is 0. The molecule has 2 aliphatic heterocycles. The molecule has 7 heteroatoms. The third-order valence-electron chi connectivity index (χ3n) is 5.30. The highest BCUT2D eigenvalue weighted by atomic mass is 16.5. The van der Waals surface area contributed by atoms with Gasteiger partial charge in [-0.2, -0.15) is 0 Å². The number of carbonyl (C=O) groups excluding carboxylic acids is 2. The van der Waals surface area contributed by atoms with Gasteiger partial charge < -0.3 is 20.1 Å². The number of amides is 2. The maximum absolute atomic E-state index is 12.2. The smallest absolute Gasteiger partial charge is 0.260 e. The minimum Gasteiger partial charge on any atom is -0.484 e. The Bertz CT molecular complexity index is 641. The van der Waals surface area contributed by atoms with E-state index in [1.165, 1.54) is 0 Å². The molecule has 0 aromatic heterocycles. The molecule has 0 bridgehead atoms. The summed E-state index contributed by atoms with van der Waals surface area (Å²) in [6.07, 6.45) is 1.60. The highest BCUT2D eigenvalue weighted by Crippen LogP contribution is 2.18. The molecule has 2 heterocycles. The molecule has 7 nitrogen and oxygen atoms in total. The molecule has 1 atom stereocenters. The van der Waals surface area contributed by atoms with Crippen LogP contribution < -0.4 is 10.5 Å². The maximum atomic E-state index is 12.2. The van der Waals surface area contributed by atoms with Gasteiger partial charge in [0.05, 0.1) is 6.61 Å². The molecular formula is C20H29N3O4. The van der Waals surface area contributed by atoms with Crippen molar-refractivity contribution in [1.29, 1.82) is 0 Å². The fourth-order valence-corrected chi connectivity index (χ4v) is 3.46. The van der Waals surface area contributed by atoms with Crippen LogP contribution in [0.1, 0.15) is 25.3 Å². The number of nitrogens with zero attached hydrogens (tertiary/aromatic N) is 2. The molecule has 1 aromatic carbocycles. The van der Waals surface area contributed by atoms with Crippen molar-refractivity contribution in [3.8, 4) is 5.75 Å². The van der Waals surface area contributed by atoms with Crippen LogP contribution >= 0.6 is 0 Å². The van der Waals surface area contributed by atoms with Crippen molar-refractivity contribution >= 4 is 11.8 Å². The zero-order valence-electron chi connectivity index (χ0n) is 15.9. The van der Waals surface area contributed by atoms with Crippen molar-refractivity contribution in [3.05, 3.63) is 29.8 Å². The zero-order valence-corrected chi connectivity index (χ0v) is 15.9. The highest BCUT2D eigenvalue weighted by Gasteiger charge is 2.24. The van der Waals surface area contributed by atoms with Crippen LogP contribution in [-0.2, 0) is 20.9 Å². The van der Waals surface area contributed by atoms with E-state index in [4.69, 9.17) is 15.2 Å². The van der Waals surface area contributed by atoms with Gasteiger partial charge in [-0.05, 0) is 36.5 Å². The van der Waals surface area contributed by atoms with Crippen LogP contribution in [0.2, 0.25) is 0 Å². The first kappa shape index (κ1) is 19.6. The van der Waals surface area contributed by atoms with Crippen molar-refractivity contribution < 1.29 is 19.1 Å². The lowest BCUT2D eigenvalue weighted by molar-refractivity contribution is -0.135.